The van der Waals surface area contributed by atoms with E-state index in [9.17, 15) is 0 Å². The first-order chi connectivity index (χ1) is 14.0. The predicted octanol–water partition coefficient (Wildman–Crippen LogP) is 3.59. The van der Waals surface area contributed by atoms with Crippen molar-refractivity contribution in [1.29, 1.82) is 0 Å². The van der Waals surface area contributed by atoms with Gasteiger partial charge in [-0.15, -0.1) is 10.2 Å². The van der Waals surface area contributed by atoms with Crippen LogP contribution in [-0.2, 0) is 6.54 Å². The standard InChI is InChI=1S/C22H28N6O/c1-15(2)21-23-17(4)13-19(24-21)28-10-8-27(9-11-28)14-20-25-26-22(29-20)18-7-5-6-16(3)12-18/h5-7,12-13,15H,8-11,14H2,1-4H3. The fraction of sp³-hybridized carbons (Fsp3) is 0.455. The summed E-state index contributed by atoms with van der Waals surface area (Å²) in [5.41, 5.74) is 3.17. The number of benzene rings is 1. The van der Waals surface area contributed by atoms with Crippen LogP contribution < -0.4 is 4.90 Å². The van der Waals surface area contributed by atoms with Gasteiger partial charge in [-0.25, -0.2) is 9.97 Å². The molecule has 152 valence electrons. The van der Waals surface area contributed by atoms with Crippen LogP contribution in [-0.4, -0.2) is 51.2 Å². The van der Waals surface area contributed by atoms with E-state index in [0.717, 1.165) is 49.1 Å². The van der Waals surface area contributed by atoms with E-state index < -0.39 is 0 Å². The Balaban J connectivity index is 1.37. The average Bonchev–Trinajstić information content (AvgIpc) is 3.16. The lowest BCUT2D eigenvalue weighted by Gasteiger charge is -2.35. The second-order valence-corrected chi connectivity index (χ2v) is 8.01. The van der Waals surface area contributed by atoms with Crippen molar-refractivity contribution in [2.75, 3.05) is 31.1 Å². The molecule has 29 heavy (non-hydrogen) atoms. The molecule has 7 nitrogen and oxygen atoms in total. The van der Waals surface area contributed by atoms with E-state index in [4.69, 9.17) is 9.40 Å². The Labute approximate surface area is 171 Å². The number of hydrogen-bond donors (Lipinski definition) is 0. The molecule has 0 spiro atoms. The fourth-order valence-corrected chi connectivity index (χ4v) is 3.53. The average molecular weight is 393 g/mol. The second kappa shape index (κ2) is 8.29. The minimum atomic E-state index is 0.329. The zero-order valence-corrected chi connectivity index (χ0v) is 17.6. The van der Waals surface area contributed by atoms with Crippen LogP contribution in [0.4, 0.5) is 5.82 Å². The first-order valence-electron chi connectivity index (χ1n) is 10.2. The summed E-state index contributed by atoms with van der Waals surface area (Å²) >= 11 is 0. The summed E-state index contributed by atoms with van der Waals surface area (Å²) in [4.78, 5) is 14.0. The highest BCUT2D eigenvalue weighted by Crippen LogP contribution is 2.21. The molecule has 0 unspecified atom stereocenters. The van der Waals surface area contributed by atoms with Gasteiger partial charge in [0.15, 0.2) is 0 Å². The van der Waals surface area contributed by atoms with Crippen LogP contribution in [0, 0.1) is 13.8 Å². The van der Waals surface area contributed by atoms with Gasteiger partial charge in [0.1, 0.15) is 11.6 Å². The molecule has 1 saturated heterocycles. The Morgan fingerprint density at radius 3 is 2.52 bits per heavy atom. The van der Waals surface area contributed by atoms with Crippen LogP contribution in [0.1, 0.15) is 42.7 Å². The maximum Gasteiger partial charge on any atom is 0.247 e. The highest BCUT2D eigenvalue weighted by atomic mass is 16.4. The van der Waals surface area contributed by atoms with E-state index in [0.29, 0.717) is 24.2 Å². The molecule has 0 radical (unpaired) electrons. The summed E-state index contributed by atoms with van der Waals surface area (Å²) in [7, 11) is 0. The minimum Gasteiger partial charge on any atom is -0.419 e. The van der Waals surface area contributed by atoms with Crippen molar-refractivity contribution in [3.63, 3.8) is 0 Å². The van der Waals surface area contributed by atoms with Gasteiger partial charge < -0.3 is 9.32 Å². The van der Waals surface area contributed by atoms with Crippen molar-refractivity contribution in [3.8, 4) is 11.5 Å². The van der Waals surface area contributed by atoms with Crippen molar-refractivity contribution in [3.05, 3.63) is 53.3 Å². The van der Waals surface area contributed by atoms with Crippen molar-refractivity contribution in [2.45, 2.75) is 40.2 Å². The van der Waals surface area contributed by atoms with Crippen LogP contribution in [0.15, 0.2) is 34.7 Å². The lowest BCUT2D eigenvalue weighted by Crippen LogP contribution is -2.46. The Hall–Kier alpha value is -2.80. The summed E-state index contributed by atoms with van der Waals surface area (Å²) in [6, 6.07) is 10.2. The molecular weight excluding hydrogens is 364 g/mol. The predicted molar refractivity (Wildman–Crippen MR) is 113 cm³/mol. The van der Waals surface area contributed by atoms with Gasteiger partial charge in [0.2, 0.25) is 11.8 Å². The lowest BCUT2D eigenvalue weighted by atomic mass is 10.1. The normalized spacial score (nSPS) is 15.3. The maximum atomic E-state index is 5.90. The van der Waals surface area contributed by atoms with Crippen LogP contribution in [0.3, 0.4) is 0 Å². The van der Waals surface area contributed by atoms with E-state index in [2.05, 4.69) is 64.0 Å². The van der Waals surface area contributed by atoms with E-state index in [1.807, 2.05) is 19.1 Å². The summed E-state index contributed by atoms with van der Waals surface area (Å²) < 4.78 is 5.90. The SMILES string of the molecule is Cc1cccc(-c2nnc(CN3CCN(c4cc(C)nc(C(C)C)n4)CC3)o2)c1. The largest absolute Gasteiger partial charge is 0.419 e. The summed E-state index contributed by atoms with van der Waals surface area (Å²) in [5.74, 6) is 3.52. The lowest BCUT2D eigenvalue weighted by molar-refractivity contribution is 0.226. The molecule has 0 aliphatic carbocycles. The Morgan fingerprint density at radius 1 is 1.00 bits per heavy atom. The van der Waals surface area contributed by atoms with Crippen LogP contribution in [0.5, 0.6) is 0 Å². The number of anilines is 1. The Kier molecular flexibility index (Phi) is 5.58. The second-order valence-electron chi connectivity index (χ2n) is 8.01. The smallest absolute Gasteiger partial charge is 0.247 e. The summed E-state index contributed by atoms with van der Waals surface area (Å²) in [6.45, 7) is 12.7. The number of piperazine rings is 1. The number of nitrogens with zero attached hydrogens (tertiary/aromatic N) is 6. The summed E-state index contributed by atoms with van der Waals surface area (Å²) in [6.07, 6.45) is 0. The third-order valence-corrected chi connectivity index (χ3v) is 5.16. The molecule has 1 aliphatic heterocycles. The molecule has 7 heteroatoms. The first kappa shape index (κ1) is 19.5. The van der Waals surface area contributed by atoms with Gasteiger partial charge in [-0.1, -0.05) is 31.5 Å². The van der Waals surface area contributed by atoms with E-state index in [-0.39, 0.29) is 0 Å². The first-order valence-corrected chi connectivity index (χ1v) is 10.2. The van der Waals surface area contributed by atoms with E-state index in [1.54, 1.807) is 0 Å². The van der Waals surface area contributed by atoms with Gasteiger partial charge in [-0.3, -0.25) is 4.90 Å². The third-order valence-electron chi connectivity index (χ3n) is 5.16. The number of aromatic nitrogens is 4. The third kappa shape index (κ3) is 4.62. The Bertz CT molecular complexity index is 975. The molecule has 0 N–H and O–H groups in total. The van der Waals surface area contributed by atoms with E-state index in [1.165, 1.54) is 5.56 Å². The molecule has 1 aliphatic rings. The minimum absolute atomic E-state index is 0.329. The molecule has 3 aromatic rings. The Morgan fingerprint density at radius 2 is 1.79 bits per heavy atom. The molecule has 0 bridgehead atoms. The quantitative estimate of drug-likeness (QED) is 0.657. The number of aryl methyl sites for hydroxylation is 2. The molecule has 4 rings (SSSR count). The van der Waals surface area contributed by atoms with Crippen molar-refractivity contribution >= 4 is 5.82 Å². The van der Waals surface area contributed by atoms with Crippen LogP contribution in [0.2, 0.25) is 0 Å². The van der Waals surface area contributed by atoms with Crippen LogP contribution in [0.25, 0.3) is 11.5 Å². The topological polar surface area (TPSA) is 71.2 Å². The molecule has 0 atom stereocenters. The molecule has 1 fully saturated rings. The van der Waals surface area contributed by atoms with Gasteiger partial charge >= 0.3 is 0 Å². The van der Waals surface area contributed by atoms with Crippen LogP contribution >= 0.6 is 0 Å². The molecule has 2 aromatic heterocycles. The van der Waals surface area contributed by atoms with Gasteiger partial charge in [0.25, 0.3) is 0 Å². The summed E-state index contributed by atoms with van der Waals surface area (Å²) in [5, 5.41) is 8.46. The van der Waals surface area contributed by atoms with Gasteiger partial charge in [0.05, 0.1) is 6.54 Å². The van der Waals surface area contributed by atoms with Crippen molar-refractivity contribution < 1.29 is 4.42 Å². The highest BCUT2D eigenvalue weighted by Gasteiger charge is 2.21. The zero-order chi connectivity index (χ0) is 20.4. The molecule has 0 amide bonds. The highest BCUT2D eigenvalue weighted by molar-refractivity contribution is 5.53. The molecule has 0 saturated carbocycles. The van der Waals surface area contributed by atoms with Crippen molar-refractivity contribution in [1.82, 2.24) is 25.1 Å². The van der Waals surface area contributed by atoms with Gasteiger partial charge in [-0.2, -0.15) is 0 Å². The van der Waals surface area contributed by atoms with E-state index >= 15 is 0 Å². The monoisotopic (exact) mass is 392 g/mol. The number of rotatable bonds is 5. The fourth-order valence-electron chi connectivity index (χ4n) is 3.53. The number of hydrogen-bond acceptors (Lipinski definition) is 7. The maximum absolute atomic E-state index is 5.90. The van der Waals surface area contributed by atoms with Gasteiger partial charge in [0, 0.05) is 49.4 Å². The van der Waals surface area contributed by atoms with Gasteiger partial charge in [-0.05, 0) is 26.0 Å². The molecule has 3 heterocycles. The zero-order valence-electron chi connectivity index (χ0n) is 17.6. The molecular formula is C22H28N6O. The molecule has 1 aromatic carbocycles. The van der Waals surface area contributed by atoms with Crippen molar-refractivity contribution in [2.24, 2.45) is 0 Å².